The Morgan fingerprint density at radius 3 is 1.55 bits per heavy atom. The summed E-state index contributed by atoms with van der Waals surface area (Å²) in [4.78, 5) is 0. The van der Waals surface area contributed by atoms with E-state index in [0.717, 1.165) is 0 Å². The Bertz CT molecular complexity index is 103. The highest BCUT2D eigenvalue weighted by atomic mass is 16.7. The third kappa shape index (κ3) is 1.94. The van der Waals surface area contributed by atoms with Crippen molar-refractivity contribution in [3.8, 4) is 0 Å². The third-order valence-electron chi connectivity index (χ3n) is 2.60. The van der Waals surface area contributed by atoms with Crippen molar-refractivity contribution in [2.45, 2.75) is 50.7 Å². The standard InChI is InChI=1S/C9H15O2/c1-3-8(4-1)10-7-11-9-5-2-6-9/h7-9H,1-6H2. The molecule has 0 N–H and O–H groups in total. The quantitative estimate of drug-likeness (QED) is 0.620. The molecule has 2 aliphatic rings. The molecule has 2 rings (SSSR count). The molecule has 2 aliphatic carbocycles. The van der Waals surface area contributed by atoms with Crippen LogP contribution in [0.25, 0.3) is 0 Å². The maximum absolute atomic E-state index is 5.34. The minimum absolute atomic E-state index is 0.468. The first kappa shape index (κ1) is 7.56. The van der Waals surface area contributed by atoms with Crippen LogP contribution in [0, 0.1) is 6.79 Å². The van der Waals surface area contributed by atoms with Crippen LogP contribution in [-0.4, -0.2) is 12.2 Å². The van der Waals surface area contributed by atoms with Crippen LogP contribution in [0.1, 0.15) is 38.5 Å². The van der Waals surface area contributed by atoms with Gasteiger partial charge in [-0.15, -0.1) is 0 Å². The van der Waals surface area contributed by atoms with Crippen molar-refractivity contribution in [1.29, 1.82) is 0 Å². The number of hydrogen-bond acceptors (Lipinski definition) is 2. The summed E-state index contributed by atoms with van der Waals surface area (Å²) in [5.74, 6) is 0. The first-order valence-electron chi connectivity index (χ1n) is 4.58. The third-order valence-corrected chi connectivity index (χ3v) is 2.60. The van der Waals surface area contributed by atoms with E-state index in [0.29, 0.717) is 12.2 Å². The second kappa shape index (κ2) is 3.55. The maximum atomic E-state index is 5.34. The van der Waals surface area contributed by atoms with Gasteiger partial charge in [-0.25, -0.2) is 0 Å². The second-order valence-corrected chi connectivity index (χ2v) is 3.47. The highest BCUT2D eigenvalue weighted by Crippen LogP contribution is 2.26. The van der Waals surface area contributed by atoms with Crippen molar-refractivity contribution in [2.75, 3.05) is 0 Å². The molecule has 0 spiro atoms. The lowest BCUT2D eigenvalue weighted by molar-refractivity contribution is -0.0918. The van der Waals surface area contributed by atoms with E-state index in [-0.39, 0.29) is 0 Å². The molecule has 2 nitrogen and oxygen atoms in total. The maximum Gasteiger partial charge on any atom is 0.209 e. The van der Waals surface area contributed by atoms with Crippen molar-refractivity contribution in [1.82, 2.24) is 0 Å². The van der Waals surface area contributed by atoms with Gasteiger partial charge in [0.25, 0.3) is 0 Å². The zero-order valence-corrected chi connectivity index (χ0v) is 6.79. The Balaban J connectivity index is 1.46. The summed E-state index contributed by atoms with van der Waals surface area (Å²) in [6.07, 6.45) is 8.43. The molecule has 0 aliphatic heterocycles. The predicted molar refractivity (Wildman–Crippen MR) is 41.7 cm³/mol. The van der Waals surface area contributed by atoms with Crippen molar-refractivity contribution in [3.05, 3.63) is 6.79 Å². The van der Waals surface area contributed by atoms with Crippen molar-refractivity contribution < 1.29 is 9.47 Å². The van der Waals surface area contributed by atoms with Gasteiger partial charge in [-0.2, -0.15) is 0 Å². The molecule has 1 radical (unpaired) electrons. The first-order chi connectivity index (χ1) is 5.45. The van der Waals surface area contributed by atoms with Gasteiger partial charge in [0.15, 0.2) is 0 Å². The van der Waals surface area contributed by atoms with Gasteiger partial charge >= 0.3 is 0 Å². The minimum Gasteiger partial charge on any atom is -0.345 e. The van der Waals surface area contributed by atoms with Gasteiger partial charge in [0.05, 0.1) is 12.2 Å². The van der Waals surface area contributed by atoms with Gasteiger partial charge < -0.3 is 9.47 Å². The minimum atomic E-state index is 0.468. The fraction of sp³-hybridized carbons (Fsp3) is 0.889. The summed E-state index contributed by atoms with van der Waals surface area (Å²) < 4.78 is 10.7. The monoisotopic (exact) mass is 155 g/mol. The molecule has 11 heavy (non-hydrogen) atoms. The lowest BCUT2D eigenvalue weighted by Crippen LogP contribution is -2.25. The molecule has 0 amide bonds. The lowest BCUT2D eigenvalue weighted by atomic mass is 9.96. The molecule has 2 saturated carbocycles. The van der Waals surface area contributed by atoms with E-state index in [1.807, 2.05) is 0 Å². The van der Waals surface area contributed by atoms with Crippen LogP contribution in [0.5, 0.6) is 0 Å². The van der Waals surface area contributed by atoms with Gasteiger partial charge in [-0.1, -0.05) is 0 Å². The molecular weight excluding hydrogens is 140 g/mol. The van der Waals surface area contributed by atoms with E-state index in [2.05, 4.69) is 0 Å². The van der Waals surface area contributed by atoms with Crippen LogP contribution in [0.15, 0.2) is 0 Å². The lowest BCUT2D eigenvalue weighted by Gasteiger charge is -2.28. The van der Waals surface area contributed by atoms with Gasteiger partial charge in [0, 0.05) is 0 Å². The van der Waals surface area contributed by atoms with Crippen molar-refractivity contribution in [2.24, 2.45) is 0 Å². The SMILES string of the molecule is [CH](OC1CCC1)OC1CCC1. The van der Waals surface area contributed by atoms with Crippen molar-refractivity contribution >= 4 is 0 Å². The fourth-order valence-electron chi connectivity index (χ4n) is 1.20. The average molecular weight is 155 g/mol. The second-order valence-electron chi connectivity index (χ2n) is 3.47. The number of rotatable bonds is 4. The highest BCUT2D eigenvalue weighted by Gasteiger charge is 2.21. The molecule has 2 heteroatoms. The Morgan fingerprint density at radius 2 is 1.27 bits per heavy atom. The number of hydrogen-bond donors (Lipinski definition) is 0. The zero-order valence-electron chi connectivity index (χ0n) is 6.79. The van der Waals surface area contributed by atoms with E-state index >= 15 is 0 Å². The Kier molecular flexibility index (Phi) is 2.44. The van der Waals surface area contributed by atoms with Crippen molar-refractivity contribution in [3.63, 3.8) is 0 Å². The molecule has 63 valence electrons. The predicted octanol–water partition coefficient (Wildman–Crippen LogP) is 2.24. The molecule has 0 saturated heterocycles. The Morgan fingerprint density at radius 1 is 0.818 bits per heavy atom. The summed E-state index contributed by atoms with van der Waals surface area (Å²) in [6.45, 7) is 1.56. The first-order valence-corrected chi connectivity index (χ1v) is 4.58. The van der Waals surface area contributed by atoms with E-state index in [9.17, 15) is 0 Å². The molecule has 0 aromatic rings. The van der Waals surface area contributed by atoms with Crippen LogP contribution in [0.3, 0.4) is 0 Å². The molecule has 0 bridgehead atoms. The normalized spacial score (nSPS) is 26.2. The topological polar surface area (TPSA) is 18.5 Å². The summed E-state index contributed by atoms with van der Waals surface area (Å²) in [5.41, 5.74) is 0. The van der Waals surface area contributed by atoms with Crippen LogP contribution in [0.4, 0.5) is 0 Å². The largest absolute Gasteiger partial charge is 0.345 e. The fourth-order valence-corrected chi connectivity index (χ4v) is 1.20. The van der Waals surface area contributed by atoms with E-state index in [4.69, 9.17) is 9.47 Å². The Labute approximate surface area is 67.9 Å². The van der Waals surface area contributed by atoms with Crippen LogP contribution < -0.4 is 0 Å². The smallest absolute Gasteiger partial charge is 0.209 e. The highest BCUT2D eigenvalue weighted by molar-refractivity contribution is 4.72. The average Bonchev–Trinajstić information content (AvgIpc) is 1.79. The van der Waals surface area contributed by atoms with Gasteiger partial charge in [-0.3, -0.25) is 0 Å². The molecular formula is C9H15O2. The Hall–Kier alpha value is -0.0800. The molecule has 0 unspecified atom stereocenters. The van der Waals surface area contributed by atoms with E-state index in [1.165, 1.54) is 38.5 Å². The summed E-state index contributed by atoms with van der Waals surface area (Å²) in [5, 5.41) is 0. The molecule has 2 fully saturated rings. The van der Waals surface area contributed by atoms with Crippen LogP contribution in [-0.2, 0) is 9.47 Å². The molecule has 0 atom stereocenters. The molecule has 0 aromatic carbocycles. The van der Waals surface area contributed by atoms with Crippen LogP contribution >= 0.6 is 0 Å². The molecule has 0 aromatic heterocycles. The van der Waals surface area contributed by atoms with Gasteiger partial charge in [0.1, 0.15) is 0 Å². The molecule has 0 heterocycles. The summed E-state index contributed by atoms with van der Waals surface area (Å²) >= 11 is 0. The van der Waals surface area contributed by atoms with Gasteiger partial charge in [-0.05, 0) is 38.5 Å². The van der Waals surface area contributed by atoms with E-state index < -0.39 is 0 Å². The summed E-state index contributed by atoms with van der Waals surface area (Å²) in [6, 6.07) is 0. The van der Waals surface area contributed by atoms with Crippen LogP contribution in [0.2, 0.25) is 0 Å². The van der Waals surface area contributed by atoms with E-state index in [1.54, 1.807) is 6.79 Å². The zero-order chi connectivity index (χ0) is 7.52. The number of ether oxygens (including phenoxy) is 2. The van der Waals surface area contributed by atoms with Gasteiger partial charge in [0.2, 0.25) is 6.79 Å². The summed E-state index contributed by atoms with van der Waals surface area (Å²) in [7, 11) is 0.